The topological polar surface area (TPSA) is 54.9 Å². The number of aromatic nitrogens is 3. The number of rotatable bonds is 4. The van der Waals surface area contributed by atoms with Gasteiger partial charge in [0.05, 0.1) is 13.7 Å². The van der Waals surface area contributed by atoms with Crippen molar-refractivity contribution in [3.63, 3.8) is 0 Å². The van der Waals surface area contributed by atoms with Gasteiger partial charge < -0.3 is 10.2 Å². The third-order valence-electron chi connectivity index (χ3n) is 2.51. The smallest absolute Gasteiger partial charge is 0.214 e. The zero-order chi connectivity index (χ0) is 13.1. The van der Waals surface area contributed by atoms with Gasteiger partial charge in [-0.05, 0) is 37.3 Å². The molecule has 7 heteroatoms. The van der Waals surface area contributed by atoms with E-state index in [1.54, 1.807) is 17.9 Å². The second-order valence-electron chi connectivity index (χ2n) is 3.70. The van der Waals surface area contributed by atoms with Crippen molar-refractivity contribution in [2.75, 3.05) is 12.5 Å². The lowest BCUT2D eigenvalue weighted by Crippen LogP contribution is -2.16. The number of hydrogen-bond acceptors (Lipinski definition) is 4. The van der Waals surface area contributed by atoms with Crippen molar-refractivity contribution in [2.24, 2.45) is 0 Å². The first-order chi connectivity index (χ1) is 8.61. The number of aromatic amines is 1. The third kappa shape index (κ3) is 2.65. The number of ether oxygens (including phenoxy) is 1. The summed E-state index contributed by atoms with van der Waals surface area (Å²) in [5, 5.41) is 7.39. The molecule has 0 saturated carbocycles. The van der Waals surface area contributed by atoms with Crippen LogP contribution in [0.1, 0.15) is 11.4 Å². The minimum atomic E-state index is 0.522. The van der Waals surface area contributed by atoms with Gasteiger partial charge in [-0.25, -0.2) is 4.68 Å². The maximum absolute atomic E-state index is 5.97. The van der Waals surface area contributed by atoms with E-state index in [9.17, 15) is 0 Å². The van der Waals surface area contributed by atoms with Crippen molar-refractivity contribution >= 4 is 23.8 Å². The monoisotopic (exact) mass is 284 g/mol. The Morgan fingerprint density at radius 1 is 1.56 bits per heavy atom. The van der Waals surface area contributed by atoms with Crippen LogP contribution in [0.15, 0.2) is 18.2 Å². The number of nitrogens with one attached hydrogen (secondary N) is 2. The fourth-order valence-electron chi connectivity index (χ4n) is 1.61. The molecule has 2 N–H and O–H groups in total. The van der Waals surface area contributed by atoms with E-state index in [1.165, 1.54) is 0 Å². The van der Waals surface area contributed by atoms with Crippen molar-refractivity contribution in [3.05, 3.63) is 39.4 Å². The summed E-state index contributed by atoms with van der Waals surface area (Å²) in [6.07, 6.45) is 0. The first-order valence-electron chi connectivity index (χ1n) is 5.32. The number of methoxy groups -OCH3 is 1. The predicted octanol–water partition coefficient (Wildman–Crippen LogP) is 2.65. The van der Waals surface area contributed by atoms with Crippen molar-refractivity contribution < 1.29 is 4.74 Å². The molecule has 1 aromatic carbocycles. The Bertz CT molecular complexity index is 607. The largest absolute Gasteiger partial charge is 0.496 e. The van der Waals surface area contributed by atoms with Gasteiger partial charge in [-0.3, -0.25) is 5.10 Å². The normalized spacial score (nSPS) is 10.4. The maximum Gasteiger partial charge on any atom is 0.214 e. The van der Waals surface area contributed by atoms with E-state index in [-0.39, 0.29) is 0 Å². The zero-order valence-electron chi connectivity index (χ0n) is 10.0. The molecule has 0 aliphatic heterocycles. The highest BCUT2D eigenvalue weighted by atomic mass is 35.5. The fraction of sp³-hybridized carbons (Fsp3) is 0.273. The Balaban J connectivity index is 2.20. The quantitative estimate of drug-likeness (QED) is 0.848. The highest BCUT2D eigenvalue weighted by Gasteiger charge is 2.05. The van der Waals surface area contributed by atoms with Gasteiger partial charge in [0, 0.05) is 10.6 Å². The molecule has 18 heavy (non-hydrogen) atoms. The number of H-pyrrole nitrogens is 1. The number of halogens is 1. The Hall–Kier alpha value is -1.53. The highest BCUT2D eigenvalue weighted by Crippen LogP contribution is 2.22. The predicted molar refractivity (Wildman–Crippen MR) is 73.2 cm³/mol. The Morgan fingerprint density at radius 2 is 2.33 bits per heavy atom. The Labute approximate surface area is 115 Å². The van der Waals surface area contributed by atoms with Gasteiger partial charge in [0.15, 0.2) is 0 Å². The van der Waals surface area contributed by atoms with Gasteiger partial charge in [0.2, 0.25) is 4.77 Å². The third-order valence-corrected chi connectivity index (χ3v) is 3.02. The van der Waals surface area contributed by atoms with Crippen LogP contribution in [0, 0.1) is 11.7 Å². The van der Waals surface area contributed by atoms with Crippen LogP contribution < -0.4 is 10.2 Å². The summed E-state index contributed by atoms with van der Waals surface area (Å²) in [6.45, 7) is 2.40. The molecule has 0 spiro atoms. The first-order valence-corrected chi connectivity index (χ1v) is 6.10. The molecule has 0 atom stereocenters. The Morgan fingerprint density at radius 3 is 2.94 bits per heavy atom. The minimum Gasteiger partial charge on any atom is -0.496 e. The minimum absolute atomic E-state index is 0.522. The van der Waals surface area contributed by atoms with Gasteiger partial charge in [0.25, 0.3) is 0 Å². The lowest BCUT2D eigenvalue weighted by atomic mass is 10.2. The van der Waals surface area contributed by atoms with Crippen molar-refractivity contribution in [1.82, 2.24) is 14.9 Å². The highest BCUT2D eigenvalue weighted by molar-refractivity contribution is 7.71. The SMILES string of the molecule is COc1ccc(Cl)cc1CNn1c(C)n[nH]c1=S. The van der Waals surface area contributed by atoms with Gasteiger partial charge >= 0.3 is 0 Å². The summed E-state index contributed by atoms with van der Waals surface area (Å²) in [7, 11) is 1.63. The molecule has 1 heterocycles. The van der Waals surface area contributed by atoms with Crippen LogP contribution in [-0.4, -0.2) is 22.0 Å². The molecule has 0 radical (unpaired) electrons. The number of nitrogens with zero attached hydrogens (tertiary/aromatic N) is 2. The molecule has 0 fully saturated rings. The standard InChI is InChI=1S/C11H13ClN4OS/c1-7-14-15-11(18)16(7)13-6-8-5-9(12)3-4-10(8)17-2/h3-5,13H,6H2,1-2H3,(H,15,18). The summed E-state index contributed by atoms with van der Waals surface area (Å²) in [5.41, 5.74) is 4.11. The molecular weight excluding hydrogens is 272 g/mol. The molecule has 5 nitrogen and oxygen atoms in total. The van der Waals surface area contributed by atoms with Gasteiger partial charge in [-0.1, -0.05) is 11.6 Å². The second-order valence-corrected chi connectivity index (χ2v) is 4.53. The average molecular weight is 285 g/mol. The van der Waals surface area contributed by atoms with E-state index >= 15 is 0 Å². The van der Waals surface area contributed by atoms with Gasteiger partial charge in [0.1, 0.15) is 11.6 Å². The summed E-state index contributed by atoms with van der Waals surface area (Å²) in [4.78, 5) is 0. The van der Waals surface area contributed by atoms with Crippen LogP contribution >= 0.6 is 23.8 Å². The van der Waals surface area contributed by atoms with E-state index in [2.05, 4.69) is 15.6 Å². The molecule has 96 valence electrons. The first kappa shape index (κ1) is 12.9. The lowest BCUT2D eigenvalue weighted by molar-refractivity contribution is 0.409. The van der Waals surface area contributed by atoms with Gasteiger partial charge in [-0.15, -0.1) is 0 Å². The number of aryl methyl sites for hydroxylation is 1. The van der Waals surface area contributed by atoms with Gasteiger partial charge in [-0.2, -0.15) is 5.10 Å². The van der Waals surface area contributed by atoms with Crippen molar-refractivity contribution in [2.45, 2.75) is 13.5 Å². The van der Waals surface area contributed by atoms with Crippen LogP contribution in [0.5, 0.6) is 5.75 Å². The summed E-state index contributed by atoms with van der Waals surface area (Å²) >= 11 is 11.1. The van der Waals surface area contributed by atoms with E-state index in [1.807, 2.05) is 19.1 Å². The average Bonchev–Trinajstić information content (AvgIpc) is 2.67. The van der Waals surface area contributed by atoms with Crippen molar-refractivity contribution in [3.8, 4) is 5.75 Å². The molecule has 2 aromatic rings. The van der Waals surface area contributed by atoms with Crippen molar-refractivity contribution in [1.29, 1.82) is 0 Å². The summed E-state index contributed by atoms with van der Waals surface area (Å²) < 4.78 is 7.50. The molecule has 0 bridgehead atoms. The number of hydrogen-bond donors (Lipinski definition) is 2. The molecular formula is C11H13ClN4OS. The molecule has 0 aliphatic rings. The molecule has 1 aromatic heterocycles. The van der Waals surface area contributed by atoms with Crippen LogP contribution in [0.25, 0.3) is 0 Å². The summed E-state index contributed by atoms with van der Waals surface area (Å²) in [6, 6.07) is 5.48. The van der Waals surface area contributed by atoms with Crippen LogP contribution in [0.3, 0.4) is 0 Å². The molecule has 0 aliphatic carbocycles. The van der Waals surface area contributed by atoms with E-state index in [4.69, 9.17) is 28.6 Å². The Kier molecular flexibility index (Phi) is 3.88. The van der Waals surface area contributed by atoms with Crippen LogP contribution in [0.4, 0.5) is 0 Å². The summed E-state index contributed by atoms with van der Waals surface area (Å²) in [5.74, 6) is 1.54. The van der Waals surface area contributed by atoms with E-state index < -0.39 is 0 Å². The number of benzene rings is 1. The fourth-order valence-corrected chi connectivity index (χ4v) is 2.05. The maximum atomic E-state index is 5.97. The second kappa shape index (κ2) is 5.41. The molecule has 0 amide bonds. The van der Waals surface area contributed by atoms with Crippen LogP contribution in [-0.2, 0) is 6.54 Å². The van der Waals surface area contributed by atoms with E-state index in [0.717, 1.165) is 17.1 Å². The molecule has 0 unspecified atom stereocenters. The zero-order valence-corrected chi connectivity index (χ0v) is 11.6. The van der Waals surface area contributed by atoms with Crippen LogP contribution in [0.2, 0.25) is 5.02 Å². The lowest BCUT2D eigenvalue weighted by Gasteiger charge is -2.12. The molecule has 2 rings (SSSR count). The molecule has 0 saturated heterocycles. The van der Waals surface area contributed by atoms with E-state index in [0.29, 0.717) is 16.3 Å².